The minimum Gasteiger partial charge on any atom is -0.310 e. The van der Waals surface area contributed by atoms with Crippen molar-refractivity contribution in [1.29, 1.82) is 0 Å². The normalized spacial score (nSPS) is 13.3. The maximum atomic E-state index is 2.44. The van der Waals surface area contributed by atoms with Gasteiger partial charge in [0.1, 0.15) is 0 Å². The average molecular weight is 650 g/mol. The van der Waals surface area contributed by atoms with E-state index >= 15 is 0 Å². The number of hydrogen-bond acceptors (Lipinski definition) is 1. The van der Waals surface area contributed by atoms with Crippen molar-refractivity contribution in [3.63, 3.8) is 0 Å². The molecule has 8 aromatic carbocycles. The highest BCUT2D eigenvalue weighted by Crippen LogP contribution is 2.64. The second-order valence-corrected chi connectivity index (χ2v) is 13.7. The lowest BCUT2D eigenvalue weighted by molar-refractivity contribution is 0.752. The third kappa shape index (κ3) is 4.41. The molecule has 0 aromatic heterocycles. The Morgan fingerprint density at radius 1 is 0.353 bits per heavy atom. The molecule has 1 heterocycles. The number of aryl methyl sites for hydroxylation is 1. The zero-order valence-electron chi connectivity index (χ0n) is 28.4. The predicted octanol–water partition coefficient (Wildman–Crippen LogP) is 13.1. The molecule has 1 aliphatic carbocycles. The molecule has 240 valence electrons. The van der Waals surface area contributed by atoms with Crippen molar-refractivity contribution in [2.45, 2.75) is 12.3 Å². The van der Waals surface area contributed by atoms with Gasteiger partial charge in [0.15, 0.2) is 0 Å². The summed E-state index contributed by atoms with van der Waals surface area (Å²) in [5.74, 6) is 0. The summed E-state index contributed by atoms with van der Waals surface area (Å²) in [6.07, 6.45) is 0. The van der Waals surface area contributed by atoms with Gasteiger partial charge in [-0.2, -0.15) is 0 Å². The second-order valence-electron chi connectivity index (χ2n) is 13.7. The summed E-state index contributed by atoms with van der Waals surface area (Å²) in [5.41, 5.74) is 19.8. The largest absolute Gasteiger partial charge is 0.310 e. The maximum Gasteiger partial charge on any atom is 0.0754 e. The van der Waals surface area contributed by atoms with Crippen molar-refractivity contribution in [2.24, 2.45) is 0 Å². The van der Waals surface area contributed by atoms with Crippen LogP contribution in [0.4, 0.5) is 17.1 Å². The van der Waals surface area contributed by atoms with Crippen LogP contribution in [0.25, 0.3) is 44.5 Å². The summed E-state index contributed by atoms with van der Waals surface area (Å²) in [4.78, 5) is 2.44. The van der Waals surface area contributed by atoms with Crippen LogP contribution >= 0.6 is 0 Å². The lowest BCUT2D eigenvalue weighted by atomic mass is 9.64. The Balaban J connectivity index is 1.11. The van der Waals surface area contributed by atoms with Crippen molar-refractivity contribution in [2.75, 3.05) is 4.90 Å². The molecule has 1 spiro atoms. The van der Waals surface area contributed by atoms with Gasteiger partial charge in [0.2, 0.25) is 0 Å². The van der Waals surface area contributed by atoms with E-state index in [0.29, 0.717) is 0 Å². The molecular formula is C50H35N. The van der Waals surface area contributed by atoms with Crippen LogP contribution in [-0.4, -0.2) is 0 Å². The fraction of sp³-hybridized carbons (Fsp3) is 0.0400. The molecule has 0 unspecified atom stereocenters. The minimum atomic E-state index is -0.441. The van der Waals surface area contributed by atoms with Crippen LogP contribution in [0.3, 0.4) is 0 Å². The van der Waals surface area contributed by atoms with Crippen LogP contribution in [0, 0.1) is 6.92 Å². The van der Waals surface area contributed by atoms with Crippen molar-refractivity contribution in [3.05, 3.63) is 222 Å². The number of para-hydroxylation sites is 3. The highest BCUT2D eigenvalue weighted by molar-refractivity contribution is 5.97. The number of rotatable bonds is 4. The van der Waals surface area contributed by atoms with E-state index in [4.69, 9.17) is 0 Å². The Morgan fingerprint density at radius 3 is 1.39 bits per heavy atom. The predicted molar refractivity (Wildman–Crippen MR) is 213 cm³/mol. The molecule has 0 bridgehead atoms. The van der Waals surface area contributed by atoms with Gasteiger partial charge in [-0.15, -0.1) is 0 Å². The van der Waals surface area contributed by atoms with Crippen LogP contribution < -0.4 is 4.90 Å². The SMILES string of the molecule is Cc1cccc2c1-c1cc(-c3ccc(-c4ccc(-c5ccccc5)cc4)cc3)ccc1C21c2ccccc2N(c2ccccc2)c2ccccc21. The van der Waals surface area contributed by atoms with E-state index in [9.17, 15) is 0 Å². The molecule has 1 heteroatoms. The van der Waals surface area contributed by atoms with Crippen molar-refractivity contribution < 1.29 is 0 Å². The van der Waals surface area contributed by atoms with Gasteiger partial charge in [0.05, 0.1) is 16.8 Å². The first kappa shape index (κ1) is 29.5. The molecule has 0 saturated carbocycles. The number of fused-ring (bicyclic) bond motifs is 9. The monoisotopic (exact) mass is 649 g/mol. The summed E-state index contributed by atoms with van der Waals surface area (Å²) in [7, 11) is 0. The van der Waals surface area contributed by atoms with E-state index in [1.165, 1.54) is 89.4 Å². The quantitative estimate of drug-likeness (QED) is 0.183. The van der Waals surface area contributed by atoms with Gasteiger partial charge < -0.3 is 4.90 Å². The van der Waals surface area contributed by atoms with Crippen molar-refractivity contribution in [3.8, 4) is 44.5 Å². The van der Waals surface area contributed by atoms with Gasteiger partial charge in [-0.25, -0.2) is 0 Å². The molecule has 1 aliphatic heterocycles. The highest BCUT2D eigenvalue weighted by atomic mass is 15.2. The molecule has 0 N–H and O–H groups in total. The zero-order valence-corrected chi connectivity index (χ0v) is 28.4. The Kier molecular flexibility index (Phi) is 6.69. The lowest BCUT2D eigenvalue weighted by Gasteiger charge is -2.45. The Morgan fingerprint density at radius 2 is 0.804 bits per heavy atom. The summed E-state index contributed by atoms with van der Waals surface area (Å²) < 4.78 is 0. The third-order valence-electron chi connectivity index (χ3n) is 11.0. The topological polar surface area (TPSA) is 3.24 Å². The molecule has 51 heavy (non-hydrogen) atoms. The molecule has 0 amide bonds. The van der Waals surface area contributed by atoms with E-state index in [1.807, 2.05) is 0 Å². The molecule has 2 aliphatic rings. The van der Waals surface area contributed by atoms with Crippen LogP contribution in [-0.2, 0) is 5.41 Å². The molecule has 0 radical (unpaired) electrons. The maximum absolute atomic E-state index is 2.44. The standard InChI is InChI=1S/C50H35N/c1-34-13-12-20-46-49(34)42-33-40(39-29-27-38(28-30-39)37-25-23-36(24-26-37)35-14-4-2-5-15-35)31-32-43(42)50(46)44-18-8-10-21-47(44)51(41-16-6-3-7-17-41)48-22-11-9-19-45(48)50/h2-33H,1H3. The number of benzene rings is 8. The molecule has 0 saturated heterocycles. The molecular weight excluding hydrogens is 615 g/mol. The van der Waals surface area contributed by atoms with Gasteiger partial charge >= 0.3 is 0 Å². The van der Waals surface area contributed by atoms with Gasteiger partial charge in [0.25, 0.3) is 0 Å². The van der Waals surface area contributed by atoms with Crippen molar-refractivity contribution in [1.82, 2.24) is 0 Å². The van der Waals surface area contributed by atoms with E-state index in [-0.39, 0.29) is 0 Å². The number of hydrogen-bond donors (Lipinski definition) is 0. The van der Waals surface area contributed by atoms with E-state index in [1.54, 1.807) is 0 Å². The summed E-state index contributed by atoms with van der Waals surface area (Å²) >= 11 is 0. The van der Waals surface area contributed by atoms with Gasteiger partial charge in [-0.3, -0.25) is 0 Å². The second kappa shape index (κ2) is 11.6. The van der Waals surface area contributed by atoms with Crippen LogP contribution in [0.5, 0.6) is 0 Å². The molecule has 1 nitrogen and oxygen atoms in total. The molecule has 0 fully saturated rings. The molecule has 0 atom stereocenters. The van der Waals surface area contributed by atoms with Gasteiger partial charge in [0, 0.05) is 5.69 Å². The Labute approximate surface area is 299 Å². The molecule has 8 aromatic rings. The Bertz CT molecular complexity index is 2520. The van der Waals surface area contributed by atoms with Crippen LogP contribution in [0.2, 0.25) is 0 Å². The number of anilines is 3. The van der Waals surface area contributed by atoms with E-state index in [0.717, 1.165) is 0 Å². The summed E-state index contributed by atoms with van der Waals surface area (Å²) in [5, 5.41) is 0. The van der Waals surface area contributed by atoms with Gasteiger partial charge in [-0.05, 0) is 110 Å². The van der Waals surface area contributed by atoms with Crippen molar-refractivity contribution >= 4 is 17.1 Å². The first-order valence-electron chi connectivity index (χ1n) is 17.8. The van der Waals surface area contributed by atoms with E-state index in [2.05, 4.69) is 206 Å². The number of nitrogens with zero attached hydrogens (tertiary/aromatic N) is 1. The summed E-state index contributed by atoms with van der Waals surface area (Å²) in [6, 6.07) is 71.4. The van der Waals surface area contributed by atoms with Crippen LogP contribution in [0.1, 0.15) is 27.8 Å². The fourth-order valence-corrected chi connectivity index (χ4v) is 8.76. The minimum absolute atomic E-state index is 0.441. The Hall–Kier alpha value is -6.44. The fourth-order valence-electron chi connectivity index (χ4n) is 8.76. The van der Waals surface area contributed by atoms with Crippen LogP contribution in [0.15, 0.2) is 194 Å². The first-order chi connectivity index (χ1) is 25.2. The van der Waals surface area contributed by atoms with E-state index < -0.39 is 5.41 Å². The van der Waals surface area contributed by atoms with Gasteiger partial charge in [-0.1, -0.05) is 164 Å². The lowest BCUT2D eigenvalue weighted by Crippen LogP contribution is -2.36. The summed E-state index contributed by atoms with van der Waals surface area (Å²) in [6.45, 7) is 2.27. The smallest absolute Gasteiger partial charge is 0.0754 e. The average Bonchev–Trinajstić information content (AvgIpc) is 3.50. The highest BCUT2D eigenvalue weighted by Gasteiger charge is 2.52. The first-order valence-corrected chi connectivity index (χ1v) is 17.8. The third-order valence-corrected chi connectivity index (χ3v) is 11.0. The molecule has 10 rings (SSSR count). The zero-order chi connectivity index (χ0) is 33.9.